The molecule has 2 aliphatic rings. The molecule has 0 aliphatic carbocycles. The standard InChI is InChI=1S/C19H24N10/c1-12-7-16(27-26-12)24-17-10-29-19(21-11-22-29)18(25-17)23-13-8-14-3-4-15(9-13)28(14)6-2-5-20/h7,10-11,13-15H,2-4,6,8-9H2,1H3,(H,23,25)(H2,24,26,27)/t14-,15-/m1/s1. The number of aromatic amines is 1. The maximum Gasteiger partial charge on any atom is 0.198 e. The van der Waals surface area contributed by atoms with Crippen molar-refractivity contribution in [2.45, 2.75) is 57.2 Å². The second-order valence-electron chi connectivity index (χ2n) is 7.91. The molecule has 3 aromatic heterocycles. The smallest absolute Gasteiger partial charge is 0.198 e. The Kier molecular flexibility index (Phi) is 4.52. The van der Waals surface area contributed by atoms with E-state index in [0.717, 1.165) is 30.9 Å². The van der Waals surface area contributed by atoms with Crippen molar-refractivity contribution in [3.63, 3.8) is 0 Å². The van der Waals surface area contributed by atoms with Crippen LogP contribution in [0.15, 0.2) is 18.6 Å². The van der Waals surface area contributed by atoms with E-state index in [1.54, 1.807) is 10.8 Å². The van der Waals surface area contributed by atoms with Crippen molar-refractivity contribution in [1.82, 2.24) is 34.7 Å². The number of aryl methyl sites for hydroxylation is 1. The van der Waals surface area contributed by atoms with E-state index in [9.17, 15) is 0 Å². The Balaban J connectivity index is 1.35. The predicted molar refractivity (Wildman–Crippen MR) is 108 cm³/mol. The Morgan fingerprint density at radius 1 is 1.28 bits per heavy atom. The largest absolute Gasteiger partial charge is 0.364 e. The van der Waals surface area contributed by atoms with E-state index in [1.165, 1.54) is 12.8 Å². The topological polar surface area (TPSA) is 123 Å². The molecule has 2 saturated heterocycles. The molecule has 0 amide bonds. The van der Waals surface area contributed by atoms with Crippen molar-refractivity contribution >= 4 is 23.1 Å². The van der Waals surface area contributed by atoms with E-state index in [1.807, 2.05) is 19.2 Å². The molecule has 0 aromatic carbocycles. The highest BCUT2D eigenvalue weighted by Crippen LogP contribution is 2.37. The van der Waals surface area contributed by atoms with Crippen LogP contribution in [0.1, 0.15) is 37.8 Å². The first kappa shape index (κ1) is 17.9. The molecule has 2 atom stereocenters. The third-order valence-electron chi connectivity index (χ3n) is 5.93. The summed E-state index contributed by atoms with van der Waals surface area (Å²) < 4.78 is 1.73. The first-order valence-electron chi connectivity index (χ1n) is 10.1. The Hall–Kier alpha value is -3.19. The van der Waals surface area contributed by atoms with Crippen LogP contribution in [0.3, 0.4) is 0 Å². The molecule has 5 rings (SSSR count). The normalized spacial score (nSPS) is 23.9. The molecule has 0 spiro atoms. The molecule has 2 fully saturated rings. The number of aromatic nitrogens is 6. The van der Waals surface area contributed by atoms with Crippen molar-refractivity contribution in [3.8, 4) is 6.07 Å². The maximum absolute atomic E-state index is 8.93. The van der Waals surface area contributed by atoms with E-state index >= 15 is 0 Å². The summed E-state index contributed by atoms with van der Waals surface area (Å²) in [5.41, 5.74) is 1.69. The molecular weight excluding hydrogens is 368 g/mol. The first-order valence-corrected chi connectivity index (χ1v) is 10.1. The zero-order valence-electron chi connectivity index (χ0n) is 16.3. The lowest BCUT2D eigenvalue weighted by molar-refractivity contribution is 0.136. The third-order valence-corrected chi connectivity index (χ3v) is 5.93. The maximum atomic E-state index is 8.93. The number of fused-ring (bicyclic) bond motifs is 3. The Morgan fingerprint density at radius 2 is 2.10 bits per heavy atom. The number of rotatable bonds is 6. The average molecular weight is 392 g/mol. The van der Waals surface area contributed by atoms with Gasteiger partial charge in [-0.05, 0) is 32.6 Å². The lowest BCUT2D eigenvalue weighted by atomic mass is 9.97. The highest BCUT2D eigenvalue weighted by Gasteiger charge is 2.40. The summed E-state index contributed by atoms with van der Waals surface area (Å²) in [6.07, 6.45) is 8.49. The van der Waals surface area contributed by atoms with Crippen LogP contribution in [0.2, 0.25) is 0 Å². The van der Waals surface area contributed by atoms with Gasteiger partial charge in [-0.25, -0.2) is 14.5 Å². The van der Waals surface area contributed by atoms with Crippen molar-refractivity contribution in [2.24, 2.45) is 0 Å². The van der Waals surface area contributed by atoms with Gasteiger partial charge in [0.15, 0.2) is 23.1 Å². The zero-order chi connectivity index (χ0) is 19.8. The number of hydrogen-bond donors (Lipinski definition) is 3. The summed E-state index contributed by atoms with van der Waals surface area (Å²) in [6.45, 7) is 2.84. The van der Waals surface area contributed by atoms with Gasteiger partial charge in [-0.1, -0.05) is 0 Å². The molecular formula is C19H24N10. The van der Waals surface area contributed by atoms with Gasteiger partial charge < -0.3 is 10.6 Å². The van der Waals surface area contributed by atoms with E-state index in [2.05, 4.69) is 41.9 Å². The van der Waals surface area contributed by atoms with Gasteiger partial charge in [0.05, 0.1) is 12.3 Å². The molecule has 3 aromatic rings. The summed E-state index contributed by atoms with van der Waals surface area (Å²) >= 11 is 0. The van der Waals surface area contributed by atoms with Crippen LogP contribution in [0, 0.1) is 18.3 Å². The Labute approximate surface area is 168 Å². The zero-order valence-corrected chi connectivity index (χ0v) is 16.3. The number of H-pyrrole nitrogens is 1. The van der Waals surface area contributed by atoms with Gasteiger partial charge in [-0.3, -0.25) is 10.00 Å². The molecule has 5 heterocycles. The number of nitrogens with one attached hydrogen (secondary N) is 3. The highest BCUT2D eigenvalue weighted by molar-refractivity contribution is 5.66. The second-order valence-corrected chi connectivity index (χ2v) is 7.91. The predicted octanol–water partition coefficient (Wildman–Crippen LogP) is 2.22. The Morgan fingerprint density at radius 3 is 2.83 bits per heavy atom. The minimum absolute atomic E-state index is 0.335. The SMILES string of the molecule is Cc1cc(Nc2cn3ncnc3c(NC3C[C@H]4CC[C@H](C3)N4CCC#N)n2)n[nH]1. The molecule has 150 valence electrons. The van der Waals surface area contributed by atoms with Crippen molar-refractivity contribution < 1.29 is 0 Å². The van der Waals surface area contributed by atoms with Crippen molar-refractivity contribution in [3.05, 3.63) is 24.3 Å². The number of piperidine rings is 1. The van der Waals surface area contributed by atoms with Crippen LogP contribution < -0.4 is 10.6 Å². The molecule has 0 unspecified atom stereocenters. The fourth-order valence-corrected chi connectivity index (χ4v) is 4.73. The van der Waals surface area contributed by atoms with Crippen LogP contribution in [0.4, 0.5) is 17.5 Å². The third kappa shape index (κ3) is 3.49. The average Bonchev–Trinajstić information content (AvgIpc) is 3.39. The van der Waals surface area contributed by atoms with Gasteiger partial charge in [0.2, 0.25) is 0 Å². The minimum Gasteiger partial charge on any atom is -0.364 e. The monoisotopic (exact) mass is 392 g/mol. The second kappa shape index (κ2) is 7.33. The van der Waals surface area contributed by atoms with Gasteiger partial charge in [0, 0.05) is 42.9 Å². The summed E-state index contributed by atoms with van der Waals surface area (Å²) in [7, 11) is 0. The van der Waals surface area contributed by atoms with E-state index in [-0.39, 0.29) is 0 Å². The van der Waals surface area contributed by atoms with Crippen molar-refractivity contribution in [1.29, 1.82) is 5.26 Å². The molecule has 10 nitrogen and oxygen atoms in total. The molecule has 2 aliphatic heterocycles. The lowest BCUT2D eigenvalue weighted by Gasteiger charge is -2.39. The fraction of sp³-hybridized carbons (Fsp3) is 0.526. The summed E-state index contributed by atoms with van der Waals surface area (Å²) in [5.74, 6) is 2.10. The summed E-state index contributed by atoms with van der Waals surface area (Å²) in [4.78, 5) is 11.7. The van der Waals surface area contributed by atoms with Crippen LogP contribution in [0.5, 0.6) is 0 Å². The fourth-order valence-electron chi connectivity index (χ4n) is 4.73. The van der Waals surface area contributed by atoms with E-state index in [4.69, 9.17) is 10.2 Å². The van der Waals surface area contributed by atoms with E-state index in [0.29, 0.717) is 41.8 Å². The Bertz CT molecular complexity index is 1030. The summed E-state index contributed by atoms with van der Waals surface area (Å²) in [5, 5.41) is 27.2. The van der Waals surface area contributed by atoms with Gasteiger partial charge in [0.25, 0.3) is 0 Å². The van der Waals surface area contributed by atoms with Gasteiger partial charge in [0.1, 0.15) is 6.33 Å². The number of anilines is 3. The number of nitrogens with zero attached hydrogens (tertiary/aromatic N) is 7. The van der Waals surface area contributed by atoms with Crippen LogP contribution in [-0.2, 0) is 0 Å². The molecule has 29 heavy (non-hydrogen) atoms. The quantitative estimate of drug-likeness (QED) is 0.583. The number of hydrogen-bond acceptors (Lipinski definition) is 8. The molecule has 3 N–H and O–H groups in total. The van der Waals surface area contributed by atoms with Crippen LogP contribution in [-0.4, -0.2) is 59.3 Å². The molecule has 0 saturated carbocycles. The molecule has 2 bridgehead atoms. The lowest BCUT2D eigenvalue weighted by Crippen LogP contribution is -2.47. The molecule has 10 heteroatoms. The van der Waals surface area contributed by atoms with Crippen molar-refractivity contribution in [2.75, 3.05) is 17.2 Å². The van der Waals surface area contributed by atoms with E-state index < -0.39 is 0 Å². The first-order chi connectivity index (χ1) is 14.2. The highest BCUT2D eigenvalue weighted by atomic mass is 15.3. The minimum atomic E-state index is 0.335. The van der Waals surface area contributed by atoms with Gasteiger partial charge >= 0.3 is 0 Å². The van der Waals surface area contributed by atoms with Crippen LogP contribution >= 0.6 is 0 Å². The number of nitriles is 1. The van der Waals surface area contributed by atoms with Gasteiger partial charge in [-0.15, -0.1) is 0 Å². The summed E-state index contributed by atoms with van der Waals surface area (Å²) in [6, 6.07) is 5.63. The van der Waals surface area contributed by atoms with Gasteiger partial charge in [-0.2, -0.15) is 15.5 Å². The van der Waals surface area contributed by atoms with Crippen LogP contribution in [0.25, 0.3) is 5.65 Å². The molecule has 0 radical (unpaired) electrons.